The molecule has 0 saturated carbocycles. The van der Waals surface area contributed by atoms with Crippen LogP contribution in [-0.2, 0) is 4.79 Å². The molecule has 0 unspecified atom stereocenters. The molecule has 1 aromatic rings. The van der Waals surface area contributed by atoms with E-state index in [9.17, 15) is 4.79 Å². The predicted molar refractivity (Wildman–Crippen MR) is 75.7 cm³/mol. The van der Waals surface area contributed by atoms with Gasteiger partial charge in [-0.15, -0.1) is 0 Å². The Hall–Kier alpha value is -2.08. The molecule has 0 aliphatic carbocycles. The molecule has 0 aliphatic rings. The maximum Gasteiger partial charge on any atom is 0.143 e. The molecule has 0 N–H and O–H groups in total. The lowest BCUT2D eigenvalue weighted by Crippen LogP contribution is -2.20. The highest BCUT2D eigenvalue weighted by molar-refractivity contribution is 5.87. The molecule has 0 bridgehead atoms. The third kappa shape index (κ3) is 4.59. The Balaban J connectivity index is 2.88. The van der Waals surface area contributed by atoms with Crippen molar-refractivity contribution in [2.75, 3.05) is 7.11 Å². The highest BCUT2D eigenvalue weighted by Crippen LogP contribution is 2.21. The summed E-state index contributed by atoms with van der Waals surface area (Å²) in [6.07, 6.45) is 1.91. The summed E-state index contributed by atoms with van der Waals surface area (Å²) in [5.41, 5.74) is 0.944. The molecule has 0 radical (unpaired) electrons. The summed E-state index contributed by atoms with van der Waals surface area (Å²) in [5.74, 6) is 0.829. The molecule has 0 aromatic heterocycles. The van der Waals surface area contributed by atoms with Gasteiger partial charge in [-0.05, 0) is 23.8 Å². The molecule has 100 valence electrons. The summed E-state index contributed by atoms with van der Waals surface area (Å²) in [6, 6.07) is 9.46. The predicted octanol–water partition coefficient (Wildman–Crippen LogP) is 3.61. The molecule has 0 spiro atoms. The SMILES string of the molecule is COc1ccc(C=C(C#N)CC(=O)C(C)(C)C)cc1. The fourth-order valence-corrected chi connectivity index (χ4v) is 1.46. The van der Waals surface area contributed by atoms with E-state index >= 15 is 0 Å². The first-order valence-electron chi connectivity index (χ1n) is 6.15. The lowest BCUT2D eigenvalue weighted by atomic mass is 9.87. The van der Waals surface area contributed by atoms with E-state index in [0.717, 1.165) is 11.3 Å². The second kappa shape index (κ2) is 6.19. The van der Waals surface area contributed by atoms with Crippen LogP contribution in [0.3, 0.4) is 0 Å². The second-order valence-corrected chi connectivity index (χ2v) is 5.40. The van der Waals surface area contributed by atoms with Gasteiger partial charge < -0.3 is 4.74 Å². The number of rotatable bonds is 4. The smallest absolute Gasteiger partial charge is 0.143 e. The molecular weight excluding hydrogens is 238 g/mol. The van der Waals surface area contributed by atoms with Crippen LogP contribution in [0.25, 0.3) is 6.08 Å². The fraction of sp³-hybridized carbons (Fsp3) is 0.375. The zero-order valence-electron chi connectivity index (χ0n) is 11.9. The van der Waals surface area contributed by atoms with Crippen molar-refractivity contribution in [2.24, 2.45) is 5.41 Å². The molecule has 0 amide bonds. The highest BCUT2D eigenvalue weighted by atomic mass is 16.5. The van der Waals surface area contributed by atoms with Crippen molar-refractivity contribution in [3.63, 3.8) is 0 Å². The van der Waals surface area contributed by atoms with Gasteiger partial charge in [-0.1, -0.05) is 32.9 Å². The van der Waals surface area contributed by atoms with E-state index < -0.39 is 5.41 Å². The molecule has 1 rings (SSSR count). The van der Waals surface area contributed by atoms with E-state index in [2.05, 4.69) is 6.07 Å². The number of nitrogens with zero attached hydrogens (tertiary/aromatic N) is 1. The molecule has 0 aliphatic heterocycles. The first kappa shape index (κ1) is 15.0. The van der Waals surface area contributed by atoms with Crippen LogP contribution >= 0.6 is 0 Å². The standard InChI is InChI=1S/C16H19NO2/c1-16(2,3)15(18)10-13(11-17)9-12-5-7-14(19-4)8-6-12/h5-9H,10H2,1-4H3. The van der Waals surface area contributed by atoms with Gasteiger partial charge in [0.05, 0.1) is 13.2 Å². The van der Waals surface area contributed by atoms with Crippen molar-refractivity contribution >= 4 is 11.9 Å². The van der Waals surface area contributed by atoms with Crippen LogP contribution in [0.2, 0.25) is 0 Å². The van der Waals surface area contributed by atoms with Crippen LogP contribution in [0.5, 0.6) is 5.75 Å². The normalized spacial score (nSPS) is 11.8. The minimum absolute atomic E-state index is 0.0637. The highest BCUT2D eigenvalue weighted by Gasteiger charge is 2.21. The monoisotopic (exact) mass is 257 g/mol. The summed E-state index contributed by atoms with van der Waals surface area (Å²) in [7, 11) is 1.60. The summed E-state index contributed by atoms with van der Waals surface area (Å²) >= 11 is 0. The van der Waals surface area contributed by atoms with Gasteiger partial charge in [-0.25, -0.2) is 0 Å². The molecule has 0 fully saturated rings. The van der Waals surface area contributed by atoms with E-state index in [1.165, 1.54) is 0 Å². The minimum atomic E-state index is -0.421. The van der Waals surface area contributed by atoms with Crippen LogP contribution in [0.1, 0.15) is 32.8 Å². The number of carbonyl (C=O) groups is 1. The average molecular weight is 257 g/mol. The molecule has 3 heteroatoms. The summed E-state index contributed by atoms with van der Waals surface area (Å²) in [5, 5.41) is 9.11. The number of carbonyl (C=O) groups excluding carboxylic acids is 1. The molecule has 0 heterocycles. The molecule has 3 nitrogen and oxygen atoms in total. The Labute approximate surface area is 114 Å². The van der Waals surface area contributed by atoms with Crippen molar-refractivity contribution in [2.45, 2.75) is 27.2 Å². The quantitative estimate of drug-likeness (QED) is 0.774. The second-order valence-electron chi connectivity index (χ2n) is 5.40. The number of methoxy groups -OCH3 is 1. The van der Waals surface area contributed by atoms with E-state index in [-0.39, 0.29) is 12.2 Å². The van der Waals surface area contributed by atoms with Gasteiger partial charge in [0, 0.05) is 17.4 Å². The Morgan fingerprint density at radius 3 is 2.32 bits per heavy atom. The largest absolute Gasteiger partial charge is 0.497 e. The van der Waals surface area contributed by atoms with Crippen LogP contribution < -0.4 is 4.74 Å². The Bertz CT molecular complexity index is 513. The topological polar surface area (TPSA) is 50.1 Å². The van der Waals surface area contributed by atoms with Crippen molar-refractivity contribution in [1.82, 2.24) is 0 Å². The van der Waals surface area contributed by atoms with Gasteiger partial charge in [0.2, 0.25) is 0 Å². The lowest BCUT2D eigenvalue weighted by molar-refractivity contribution is -0.125. The summed E-state index contributed by atoms with van der Waals surface area (Å²) in [6.45, 7) is 5.58. The van der Waals surface area contributed by atoms with Gasteiger partial charge in [0.15, 0.2) is 0 Å². The van der Waals surface area contributed by atoms with E-state index in [0.29, 0.717) is 5.57 Å². The van der Waals surface area contributed by atoms with Crippen molar-refractivity contribution < 1.29 is 9.53 Å². The number of allylic oxidation sites excluding steroid dienone is 1. The van der Waals surface area contributed by atoms with Crippen molar-refractivity contribution in [3.8, 4) is 11.8 Å². The summed E-state index contributed by atoms with van der Waals surface area (Å²) in [4.78, 5) is 11.9. The molecule has 19 heavy (non-hydrogen) atoms. The van der Waals surface area contributed by atoms with E-state index in [1.807, 2.05) is 45.0 Å². The Kier molecular flexibility index (Phi) is 4.88. The number of Topliss-reactive ketones (excluding diaryl/α,β-unsaturated/α-hetero) is 1. The number of hydrogen-bond donors (Lipinski definition) is 0. The van der Waals surface area contributed by atoms with E-state index in [1.54, 1.807) is 13.2 Å². The average Bonchev–Trinajstić information content (AvgIpc) is 2.37. The Morgan fingerprint density at radius 2 is 1.89 bits per heavy atom. The maximum atomic E-state index is 11.9. The summed E-state index contributed by atoms with van der Waals surface area (Å²) < 4.78 is 5.07. The first-order chi connectivity index (χ1) is 8.86. The Morgan fingerprint density at radius 1 is 1.32 bits per heavy atom. The van der Waals surface area contributed by atoms with E-state index in [4.69, 9.17) is 10.00 Å². The third-order valence-corrected chi connectivity index (χ3v) is 2.79. The van der Waals surface area contributed by atoms with Crippen molar-refractivity contribution in [1.29, 1.82) is 5.26 Å². The van der Waals surface area contributed by atoms with Crippen LogP contribution in [0.4, 0.5) is 0 Å². The molecular formula is C16H19NO2. The van der Waals surface area contributed by atoms with Gasteiger partial charge in [0.1, 0.15) is 11.5 Å². The van der Waals surface area contributed by atoms with Gasteiger partial charge in [-0.3, -0.25) is 4.79 Å². The number of ether oxygens (including phenoxy) is 1. The van der Waals surface area contributed by atoms with Crippen molar-refractivity contribution in [3.05, 3.63) is 35.4 Å². The van der Waals surface area contributed by atoms with Crippen LogP contribution in [-0.4, -0.2) is 12.9 Å². The third-order valence-electron chi connectivity index (χ3n) is 2.79. The first-order valence-corrected chi connectivity index (χ1v) is 6.15. The van der Waals surface area contributed by atoms with Gasteiger partial charge in [0.25, 0.3) is 0 Å². The minimum Gasteiger partial charge on any atom is -0.497 e. The zero-order chi connectivity index (χ0) is 14.5. The zero-order valence-corrected chi connectivity index (χ0v) is 11.9. The molecule has 0 saturated heterocycles. The van der Waals surface area contributed by atoms with Gasteiger partial charge in [-0.2, -0.15) is 5.26 Å². The molecule has 1 aromatic carbocycles. The molecule has 0 atom stereocenters. The maximum absolute atomic E-state index is 11.9. The fourth-order valence-electron chi connectivity index (χ4n) is 1.46. The number of hydrogen-bond acceptors (Lipinski definition) is 3. The number of nitriles is 1. The lowest BCUT2D eigenvalue weighted by Gasteiger charge is -2.15. The number of ketones is 1. The van der Waals surface area contributed by atoms with Gasteiger partial charge >= 0.3 is 0 Å². The van der Waals surface area contributed by atoms with Crippen LogP contribution in [0, 0.1) is 16.7 Å². The van der Waals surface area contributed by atoms with Crippen LogP contribution in [0.15, 0.2) is 29.8 Å². The number of benzene rings is 1.